The standard InChI is InChI=1S/C16H18ClN3O/c17-15-4-3-13-2-1-12(9-20(13)15)16(21)18-14-10-19-7-5-11(14)6-8-19/h1-4,9,11,14H,5-8,10H2,(H,18,21)/t14-/m0/s1. The Morgan fingerprint density at radius 1 is 1.19 bits per heavy atom. The van der Waals surface area contributed by atoms with Crippen molar-refractivity contribution < 1.29 is 4.79 Å². The highest BCUT2D eigenvalue weighted by Crippen LogP contribution is 2.27. The first-order chi connectivity index (χ1) is 10.2. The summed E-state index contributed by atoms with van der Waals surface area (Å²) in [6, 6.07) is 7.86. The van der Waals surface area contributed by atoms with Gasteiger partial charge < -0.3 is 14.6 Å². The highest BCUT2D eigenvalue weighted by atomic mass is 35.5. The lowest BCUT2D eigenvalue weighted by molar-refractivity contribution is 0.0620. The molecule has 5 rings (SSSR count). The van der Waals surface area contributed by atoms with Crippen LogP contribution in [0.15, 0.2) is 30.5 Å². The maximum Gasteiger partial charge on any atom is 0.253 e. The van der Waals surface area contributed by atoms with Crippen LogP contribution in [-0.4, -0.2) is 40.9 Å². The van der Waals surface area contributed by atoms with Gasteiger partial charge in [0.1, 0.15) is 5.15 Å². The van der Waals surface area contributed by atoms with Gasteiger partial charge in [-0.2, -0.15) is 0 Å². The highest BCUT2D eigenvalue weighted by Gasteiger charge is 2.34. The number of carbonyl (C=O) groups is 1. The zero-order valence-electron chi connectivity index (χ0n) is 11.8. The number of nitrogens with zero attached hydrogens (tertiary/aromatic N) is 2. The minimum atomic E-state index is 0.000386. The van der Waals surface area contributed by atoms with Gasteiger partial charge in [-0.1, -0.05) is 11.6 Å². The molecule has 21 heavy (non-hydrogen) atoms. The lowest BCUT2D eigenvalue weighted by Crippen LogP contribution is -2.57. The van der Waals surface area contributed by atoms with Crippen LogP contribution in [0.5, 0.6) is 0 Å². The van der Waals surface area contributed by atoms with Gasteiger partial charge in [0, 0.05) is 24.3 Å². The van der Waals surface area contributed by atoms with Crippen molar-refractivity contribution in [1.29, 1.82) is 0 Å². The monoisotopic (exact) mass is 303 g/mol. The van der Waals surface area contributed by atoms with Gasteiger partial charge in [0.15, 0.2) is 0 Å². The number of hydrogen-bond donors (Lipinski definition) is 1. The number of halogens is 1. The van der Waals surface area contributed by atoms with Gasteiger partial charge in [-0.25, -0.2) is 0 Å². The zero-order valence-corrected chi connectivity index (χ0v) is 12.5. The van der Waals surface area contributed by atoms with Gasteiger partial charge in [-0.3, -0.25) is 4.79 Å². The van der Waals surface area contributed by atoms with E-state index in [0.717, 1.165) is 12.1 Å². The number of aromatic nitrogens is 1. The number of pyridine rings is 1. The molecule has 2 aromatic rings. The summed E-state index contributed by atoms with van der Waals surface area (Å²) in [6.45, 7) is 3.35. The Labute approximate surface area is 128 Å². The van der Waals surface area contributed by atoms with Crippen LogP contribution in [0.2, 0.25) is 5.15 Å². The fourth-order valence-corrected chi connectivity index (χ4v) is 3.79. The first-order valence-electron chi connectivity index (χ1n) is 7.50. The SMILES string of the molecule is O=C(N[C@H]1CN2CCC1CC2)c1ccc2ccc(Cl)n2c1. The molecular formula is C16H18ClN3O. The van der Waals surface area contributed by atoms with Crippen LogP contribution in [-0.2, 0) is 0 Å². The third kappa shape index (κ3) is 2.32. The van der Waals surface area contributed by atoms with Gasteiger partial charge in [0.2, 0.25) is 0 Å². The molecule has 5 heteroatoms. The molecule has 0 aromatic carbocycles. The number of nitrogens with one attached hydrogen (secondary N) is 1. The molecule has 2 aromatic heterocycles. The van der Waals surface area contributed by atoms with Crippen molar-refractivity contribution in [1.82, 2.24) is 14.6 Å². The second-order valence-corrected chi connectivity index (χ2v) is 6.47. The largest absolute Gasteiger partial charge is 0.348 e. The molecule has 1 atom stereocenters. The third-order valence-corrected chi connectivity index (χ3v) is 5.14. The maximum absolute atomic E-state index is 12.5. The van der Waals surface area contributed by atoms with E-state index in [-0.39, 0.29) is 11.9 Å². The van der Waals surface area contributed by atoms with Gasteiger partial charge in [0.25, 0.3) is 5.91 Å². The van der Waals surface area contributed by atoms with Crippen LogP contribution >= 0.6 is 11.6 Å². The van der Waals surface area contributed by atoms with E-state index in [0.29, 0.717) is 16.6 Å². The summed E-state index contributed by atoms with van der Waals surface area (Å²) < 4.78 is 1.84. The number of piperidine rings is 3. The Morgan fingerprint density at radius 3 is 2.67 bits per heavy atom. The second-order valence-electron chi connectivity index (χ2n) is 6.09. The smallest absolute Gasteiger partial charge is 0.253 e. The Kier molecular flexibility index (Phi) is 3.16. The van der Waals surface area contributed by atoms with E-state index in [1.54, 1.807) is 0 Å². The molecule has 1 amide bonds. The van der Waals surface area contributed by atoms with Crippen LogP contribution in [0.25, 0.3) is 5.52 Å². The van der Waals surface area contributed by atoms with Crippen molar-refractivity contribution in [2.24, 2.45) is 5.92 Å². The first kappa shape index (κ1) is 13.2. The fraction of sp³-hybridized carbons (Fsp3) is 0.438. The first-order valence-corrected chi connectivity index (χ1v) is 7.88. The normalized spacial score (nSPS) is 28.0. The predicted octanol–water partition coefficient (Wildman–Crippen LogP) is 2.42. The molecule has 3 aliphatic rings. The molecule has 4 nitrogen and oxygen atoms in total. The summed E-state index contributed by atoms with van der Waals surface area (Å²) in [7, 11) is 0. The Balaban J connectivity index is 1.54. The molecule has 3 fully saturated rings. The Morgan fingerprint density at radius 2 is 1.95 bits per heavy atom. The lowest BCUT2D eigenvalue weighted by Gasteiger charge is -2.44. The average molecular weight is 304 g/mol. The number of amides is 1. The van der Waals surface area contributed by atoms with E-state index in [1.807, 2.05) is 34.9 Å². The second kappa shape index (κ2) is 5.04. The molecule has 110 valence electrons. The summed E-state index contributed by atoms with van der Waals surface area (Å²) in [6.07, 6.45) is 4.22. The molecule has 0 saturated carbocycles. The van der Waals surface area contributed by atoms with Crippen LogP contribution in [0, 0.1) is 5.92 Å². The van der Waals surface area contributed by atoms with Crippen molar-refractivity contribution in [2.75, 3.05) is 19.6 Å². The number of hydrogen-bond acceptors (Lipinski definition) is 2. The highest BCUT2D eigenvalue weighted by molar-refractivity contribution is 6.30. The van der Waals surface area contributed by atoms with Crippen molar-refractivity contribution in [3.05, 3.63) is 41.2 Å². The quantitative estimate of drug-likeness (QED) is 0.925. The van der Waals surface area contributed by atoms with E-state index >= 15 is 0 Å². The van der Waals surface area contributed by atoms with Gasteiger partial charge >= 0.3 is 0 Å². The fourth-order valence-electron chi connectivity index (χ4n) is 3.58. The summed E-state index contributed by atoms with van der Waals surface area (Å²) in [5, 5.41) is 3.83. The van der Waals surface area contributed by atoms with Gasteiger partial charge in [0.05, 0.1) is 5.56 Å². The van der Waals surface area contributed by atoms with E-state index < -0.39 is 0 Å². The maximum atomic E-state index is 12.5. The zero-order chi connectivity index (χ0) is 14.4. The minimum absolute atomic E-state index is 0.000386. The van der Waals surface area contributed by atoms with Crippen LogP contribution in [0.1, 0.15) is 23.2 Å². The summed E-state index contributed by atoms with van der Waals surface area (Å²) in [4.78, 5) is 14.9. The molecule has 0 aliphatic carbocycles. The Bertz CT molecular complexity index is 688. The predicted molar refractivity (Wildman–Crippen MR) is 82.8 cm³/mol. The van der Waals surface area contributed by atoms with Gasteiger partial charge in [-0.15, -0.1) is 0 Å². The molecule has 0 unspecified atom stereocenters. The molecule has 0 spiro atoms. The van der Waals surface area contributed by atoms with Crippen molar-refractivity contribution in [3.63, 3.8) is 0 Å². The molecule has 5 heterocycles. The van der Waals surface area contributed by atoms with E-state index in [2.05, 4.69) is 10.2 Å². The van der Waals surface area contributed by atoms with E-state index in [1.165, 1.54) is 25.9 Å². The summed E-state index contributed by atoms with van der Waals surface area (Å²) in [5.74, 6) is 0.637. The molecule has 0 radical (unpaired) electrons. The topological polar surface area (TPSA) is 36.8 Å². The van der Waals surface area contributed by atoms with Gasteiger partial charge in [-0.05, 0) is 56.1 Å². The summed E-state index contributed by atoms with van der Waals surface area (Å²) in [5.41, 5.74) is 1.66. The third-order valence-electron chi connectivity index (χ3n) is 4.84. The number of rotatable bonds is 2. The van der Waals surface area contributed by atoms with Crippen LogP contribution in [0.4, 0.5) is 0 Å². The number of fused-ring (bicyclic) bond motifs is 4. The minimum Gasteiger partial charge on any atom is -0.348 e. The molecule has 1 N–H and O–H groups in total. The van der Waals surface area contributed by atoms with Crippen LogP contribution in [0.3, 0.4) is 0 Å². The van der Waals surface area contributed by atoms with E-state index in [4.69, 9.17) is 11.6 Å². The number of carbonyl (C=O) groups excluding carboxylic acids is 1. The lowest BCUT2D eigenvalue weighted by atomic mass is 9.84. The van der Waals surface area contributed by atoms with Crippen molar-refractivity contribution >= 4 is 23.0 Å². The molecular weight excluding hydrogens is 286 g/mol. The molecule has 3 saturated heterocycles. The molecule has 3 aliphatic heterocycles. The van der Waals surface area contributed by atoms with Crippen molar-refractivity contribution in [3.8, 4) is 0 Å². The molecule has 2 bridgehead atoms. The summed E-state index contributed by atoms with van der Waals surface area (Å²) >= 11 is 6.12. The van der Waals surface area contributed by atoms with Crippen LogP contribution < -0.4 is 5.32 Å². The van der Waals surface area contributed by atoms with E-state index in [9.17, 15) is 4.79 Å². The Hall–Kier alpha value is -1.52. The average Bonchev–Trinajstić information content (AvgIpc) is 2.89. The van der Waals surface area contributed by atoms with Crippen molar-refractivity contribution in [2.45, 2.75) is 18.9 Å².